The van der Waals surface area contributed by atoms with Gasteiger partial charge < -0.3 is 0 Å². The Bertz CT molecular complexity index is 609. The molecule has 1 heteroatoms. The molecule has 124 valence electrons. The van der Waals surface area contributed by atoms with Crippen LogP contribution in [-0.2, 0) is 6.42 Å². The van der Waals surface area contributed by atoms with E-state index in [1.807, 2.05) is 12.3 Å². The Morgan fingerprint density at radius 1 is 1.17 bits per heavy atom. The highest BCUT2D eigenvalue weighted by atomic mass is 14.7. The molecule has 1 aromatic carbocycles. The van der Waals surface area contributed by atoms with Crippen molar-refractivity contribution in [2.24, 2.45) is 10.4 Å². The van der Waals surface area contributed by atoms with Gasteiger partial charge in [-0.15, -0.1) is 0 Å². The fraction of sp³-hybridized carbons (Fsp3) is 0.500. The maximum atomic E-state index is 4.58. The van der Waals surface area contributed by atoms with Crippen molar-refractivity contribution in [3.8, 4) is 0 Å². The lowest BCUT2D eigenvalue weighted by molar-refractivity contribution is 0.309. The van der Waals surface area contributed by atoms with Gasteiger partial charge in [-0.2, -0.15) is 0 Å². The summed E-state index contributed by atoms with van der Waals surface area (Å²) < 4.78 is 0. The Hall–Kier alpha value is -1.63. The molecule has 23 heavy (non-hydrogen) atoms. The molecule has 1 aliphatic carbocycles. The van der Waals surface area contributed by atoms with Crippen LogP contribution in [-0.4, -0.2) is 5.71 Å². The summed E-state index contributed by atoms with van der Waals surface area (Å²) in [5.74, 6) is 0. The second-order valence-corrected chi connectivity index (χ2v) is 7.61. The van der Waals surface area contributed by atoms with Gasteiger partial charge in [-0.25, -0.2) is 0 Å². The fourth-order valence-electron chi connectivity index (χ4n) is 3.41. The van der Waals surface area contributed by atoms with Crippen LogP contribution in [0.5, 0.6) is 0 Å². The largest absolute Gasteiger partial charge is 0.261 e. The maximum Gasteiger partial charge on any atom is 0.0445 e. The molecule has 1 aliphatic rings. The number of hydrogen-bond acceptors (Lipinski definition) is 1. The zero-order chi connectivity index (χ0) is 16.9. The fourth-order valence-corrected chi connectivity index (χ4v) is 3.41. The third-order valence-electron chi connectivity index (χ3n) is 5.01. The number of aryl methyl sites for hydroxylation is 1. The molecule has 0 amide bonds. The number of rotatable bonds is 6. The summed E-state index contributed by atoms with van der Waals surface area (Å²) >= 11 is 0. The topological polar surface area (TPSA) is 12.4 Å². The van der Waals surface area contributed by atoms with Gasteiger partial charge >= 0.3 is 0 Å². The molecule has 1 fully saturated rings. The van der Waals surface area contributed by atoms with Gasteiger partial charge in [0.15, 0.2) is 0 Å². The van der Waals surface area contributed by atoms with E-state index < -0.39 is 0 Å². The average molecular weight is 309 g/mol. The van der Waals surface area contributed by atoms with Gasteiger partial charge in [0.1, 0.15) is 0 Å². The summed E-state index contributed by atoms with van der Waals surface area (Å²) in [6, 6.07) is 6.78. The Kier molecular flexibility index (Phi) is 5.98. The first-order chi connectivity index (χ1) is 10.9. The normalized spacial score (nSPS) is 17.1. The first-order valence-corrected chi connectivity index (χ1v) is 8.86. The van der Waals surface area contributed by atoms with Gasteiger partial charge in [0.25, 0.3) is 0 Å². The predicted octanol–water partition coefficient (Wildman–Crippen LogP) is 6.58. The molecule has 0 radical (unpaired) electrons. The molecule has 0 atom stereocenters. The lowest BCUT2D eigenvalue weighted by Crippen LogP contribution is -2.12. The standard InChI is InChI=1S/C22H31N/c1-6-19-13-20(9-12-22(5)10-7-8-11-22)15-21(14-19)18(4)23-16-17(2)3/h6,13-16H,1,7-12H2,2-5H3. The number of nitrogens with zero attached hydrogens (tertiary/aromatic N) is 1. The van der Waals surface area contributed by atoms with E-state index in [0.717, 1.165) is 12.1 Å². The summed E-state index contributed by atoms with van der Waals surface area (Å²) in [6.07, 6.45) is 11.9. The maximum absolute atomic E-state index is 4.58. The quantitative estimate of drug-likeness (QED) is 0.527. The highest BCUT2D eigenvalue weighted by molar-refractivity contribution is 5.99. The van der Waals surface area contributed by atoms with Crippen molar-refractivity contribution in [2.45, 2.75) is 66.2 Å². The zero-order valence-electron chi connectivity index (χ0n) is 15.3. The van der Waals surface area contributed by atoms with Crippen LogP contribution >= 0.6 is 0 Å². The lowest BCUT2D eigenvalue weighted by atomic mass is 9.82. The highest BCUT2D eigenvalue weighted by Crippen LogP contribution is 2.41. The molecule has 0 spiro atoms. The van der Waals surface area contributed by atoms with Crippen LogP contribution in [0.15, 0.2) is 41.5 Å². The van der Waals surface area contributed by atoms with Crippen molar-refractivity contribution in [1.29, 1.82) is 0 Å². The van der Waals surface area contributed by atoms with E-state index in [2.05, 4.69) is 57.5 Å². The van der Waals surface area contributed by atoms with Crippen LogP contribution in [0, 0.1) is 5.41 Å². The van der Waals surface area contributed by atoms with Crippen LogP contribution in [0.1, 0.15) is 76.5 Å². The number of aliphatic imine (C=N–C) groups is 1. The average Bonchev–Trinajstić information content (AvgIpc) is 2.97. The highest BCUT2D eigenvalue weighted by Gasteiger charge is 2.27. The van der Waals surface area contributed by atoms with E-state index in [1.54, 1.807) is 0 Å². The number of hydrogen-bond donors (Lipinski definition) is 0. The Labute approximate surface area is 142 Å². The van der Waals surface area contributed by atoms with Gasteiger partial charge in [-0.05, 0) is 80.7 Å². The van der Waals surface area contributed by atoms with Gasteiger partial charge in [0.2, 0.25) is 0 Å². The van der Waals surface area contributed by atoms with Gasteiger partial charge in [0.05, 0.1) is 0 Å². The summed E-state index contributed by atoms with van der Waals surface area (Å²) in [7, 11) is 0. The van der Waals surface area contributed by atoms with Crippen molar-refractivity contribution < 1.29 is 0 Å². The molecule has 0 unspecified atom stereocenters. The van der Waals surface area contributed by atoms with E-state index in [4.69, 9.17) is 0 Å². The second kappa shape index (κ2) is 7.77. The molecule has 0 bridgehead atoms. The molecule has 2 rings (SSSR count). The van der Waals surface area contributed by atoms with E-state index >= 15 is 0 Å². The molecular weight excluding hydrogens is 278 g/mol. The molecule has 0 aliphatic heterocycles. The molecule has 1 nitrogen and oxygen atoms in total. The van der Waals surface area contributed by atoms with Gasteiger partial charge in [0, 0.05) is 11.9 Å². The Morgan fingerprint density at radius 2 is 1.87 bits per heavy atom. The summed E-state index contributed by atoms with van der Waals surface area (Å²) in [5, 5.41) is 0. The van der Waals surface area contributed by atoms with Crippen LogP contribution < -0.4 is 0 Å². The third-order valence-corrected chi connectivity index (χ3v) is 5.01. The van der Waals surface area contributed by atoms with E-state index in [0.29, 0.717) is 5.41 Å². The predicted molar refractivity (Wildman–Crippen MR) is 103 cm³/mol. The van der Waals surface area contributed by atoms with Crippen LogP contribution in [0.4, 0.5) is 0 Å². The zero-order valence-corrected chi connectivity index (χ0v) is 15.3. The molecular formula is C22H31N. The van der Waals surface area contributed by atoms with Crippen molar-refractivity contribution in [2.75, 3.05) is 0 Å². The van der Waals surface area contributed by atoms with E-state index in [1.165, 1.54) is 54.4 Å². The van der Waals surface area contributed by atoms with E-state index in [-0.39, 0.29) is 0 Å². The number of benzene rings is 1. The van der Waals surface area contributed by atoms with Crippen LogP contribution in [0.3, 0.4) is 0 Å². The van der Waals surface area contributed by atoms with Crippen molar-refractivity contribution in [1.82, 2.24) is 0 Å². The second-order valence-electron chi connectivity index (χ2n) is 7.61. The van der Waals surface area contributed by atoms with Gasteiger partial charge in [-0.3, -0.25) is 4.99 Å². The van der Waals surface area contributed by atoms with Crippen molar-refractivity contribution >= 4 is 11.8 Å². The summed E-state index contributed by atoms with van der Waals surface area (Å²) in [5.41, 5.74) is 6.67. The van der Waals surface area contributed by atoms with Crippen LogP contribution in [0.2, 0.25) is 0 Å². The molecule has 0 heterocycles. The summed E-state index contributed by atoms with van der Waals surface area (Å²) in [4.78, 5) is 4.58. The Morgan fingerprint density at radius 3 is 2.48 bits per heavy atom. The van der Waals surface area contributed by atoms with Crippen molar-refractivity contribution in [3.05, 3.63) is 53.2 Å². The van der Waals surface area contributed by atoms with Gasteiger partial charge in [-0.1, -0.05) is 44.1 Å². The smallest absolute Gasteiger partial charge is 0.0445 e. The molecule has 0 aromatic heterocycles. The SMILES string of the molecule is C=Cc1cc(CCC2(C)CCCC2)cc(C(C)=NC=C(C)C)c1. The minimum atomic E-state index is 0.551. The van der Waals surface area contributed by atoms with E-state index in [9.17, 15) is 0 Å². The Balaban J connectivity index is 2.19. The molecule has 0 saturated heterocycles. The monoisotopic (exact) mass is 309 g/mol. The lowest BCUT2D eigenvalue weighted by Gasteiger charge is -2.23. The molecule has 1 aromatic rings. The number of allylic oxidation sites excluding steroid dienone is 1. The first kappa shape index (κ1) is 17.7. The minimum absolute atomic E-state index is 0.551. The molecule has 1 saturated carbocycles. The minimum Gasteiger partial charge on any atom is -0.261 e. The van der Waals surface area contributed by atoms with Crippen LogP contribution in [0.25, 0.3) is 6.08 Å². The summed E-state index contributed by atoms with van der Waals surface area (Å²) in [6.45, 7) is 12.6. The van der Waals surface area contributed by atoms with Crippen molar-refractivity contribution in [3.63, 3.8) is 0 Å². The first-order valence-electron chi connectivity index (χ1n) is 8.86. The molecule has 0 N–H and O–H groups in total. The third kappa shape index (κ3) is 5.20.